The molecule has 0 bridgehead atoms. The highest BCUT2D eigenvalue weighted by molar-refractivity contribution is 5.78. The van der Waals surface area contributed by atoms with Crippen LogP contribution in [0.4, 0.5) is 5.95 Å². The molecule has 2 rings (SSSR count). The minimum Gasteiger partial charge on any atom is -0.399 e. The summed E-state index contributed by atoms with van der Waals surface area (Å²) in [6.45, 7) is 9.81. The molecule has 0 atom stereocenters. The molecule has 0 aliphatic carbocycles. The number of aromatic nitrogens is 3. The van der Waals surface area contributed by atoms with Gasteiger partial charge in [0.15, 0.2) is 0 Å². The maximum Gasteiger partial charge on any atom is 0.225 e. The molecule has 0 fully saturated rings. The minimum atomic E-state index is 0.547. The van der Waals surface area contributed by atoms with E-state index in [-0.39, 0.29) is 0 Å². The van der Waals surface area contributed by atoms with Crippen LogP contribution in [0.1, 0.15) is 16.7 Å². The lowest BCUT2D eigenvalue weighted by Gasteiger charge is -2.14. The molecule has 0 aliphatic heterocycles. The van der Waals surface area contributed by atoms with E-state index >= 15 is 0 Å². The van der Waals surface area contributed by atoms with Crippen LogP contribution in [0.15, 0.2) is 37.7 Å². The molecule has 3 N–H and O–H groups in total. The summed E-state index contributed by atoms with van der Waals surface area (Å²) in [5.74, 6) is 0.640. The van der Waals surface area contributed by atoms with Crippen LogP contribution in [0.2, 0.25) is 0 Å². The zero-order chi connectivity index (χ0) is 14.0. The van der Waals surface area contributed by atoms with Gasteiger partial charge in [0, 0.05) is 29.6 Å². The number of hydrogen-bond acceptors (Lipinski definition) is 4. The molecule has 1 aromatic carbocycles. The zero-order valence-electron chi connectivity index (χ0n) is 11.1. The third-order valence-electron chi connectivity index (χ3n) is 2.98. The lowest BCUT2D eigenvalue weighted by Crippen LogP contribution is -2.07. The van der Waals surface area contributed by atoms with Gasteiger partial charge in [0.25, 0.3) is 0 Å². The Balaban J connectivity index is 2.32. The first-order chi connectivity index (χ1) is 9.00. The van der Waals surface area contributed by atoms with Crippen molar-refractivity contribution in [2.24, 2.45) is 12.8 Å². The van der Waals surface area contributed by atoms with Crippen LogP contribution in [-0.2, 0) is 7.05 Å². The van der Waals surface area contributed by atoms with Crippen LogP contribution in [-0.4, -0.2) is 14.8 Å². The molecule has 98 valence electrons. The molecular formula is C14H17N5. The molecular weight excluding hydrogens is 238 g/mol. The summed E-state index contributed by atoms with van der Waals surface area (Å²) in [6, 6.07) is 5.85. The molecule has 1 aromatic heterocycles. The highest BCUT2D eigenvalue weighted by atomic mass is 15.4. The van der Waals surface area contributed by atoms with Gasteiger partial charge in [0.05, 0.1) is 0 Å². The Labute approximate surface area is 112 Å². The van der Waals surface area contributed by atoms with E-state index in [1.807, 2.05) is 32.2 Å². The average molecular weight is 255 g/mol. The zero-order valence-corrected chi connectivity index (χ0v) is 11.1. The molecule has 5 heteroatoms. The Morgan fingerprint density at radius 3 is 2.58 bits per heavy atom. The van der Waals surface area contributed by atoms with Gasteiger partial charge in [-0.25, -0.2) is 4.68 Å². The van der Waals surface area contributed by atoms with Crippen LogP contribution in [0.25, 0.3) is 11.4 Å². The van der Waals surface area contributed by atoms with Crippen LogP contribution in [0.5, 0.6) is 0 Å². The van der Waals surface area contributed by atoms with Gasteiger partial charge in [-0.1, -0.05) is 31.4 Å². The van der Waals surface area contributed by atoms with Gasteiger partial charge in [0.2, 0.25) is 5.95 Å². The molecule has 0 radical (unpaired) electrons. The molecule has 19 heavy (non-hydrogen) atoms. The number of nitrogens with zero attached hydrogens (tertiary/aromatic N) is 3. The molecule has 0 saturated carbocycles. The number of anilines is 1. The van der Waals surface area contributed by atoms with E-state index in [9.17, 15) is 0 Å². The van der Waals surface area contributed by atoms with E-state index in [2.05, 4.69) is 28.6 Å². The second-order valence-electron chi connectivity index (χ2n) is 4.31. The normalized spacial score (nSPS) is 10.2. The SMILES string of the molecule is C=C(N)c1cccc(C(=C)Nc2ncnn2C)c1C. The molecule has 5 nitrogen and oxygen atoms in total. The van der Waals surface area contributed by atoms with Crippen molar-refractivity contribution >= 4 is 17.3 Å². The highest BCUT2D eigenvalue weighted by Crippen LogP contribution is 2.23. The first-order valence-electron chi connectivity index (χ1n) is 5.85. The Morgan fingerprint density at radius 2 is 2.00 bits per heavy atom. The maximum absolute atomic E-state index is 5.77. The highest BCUT2D eigenvalue weighted by Gasteiger charge is 2.09. The summed E-state index contributed by atoms with van der Waals surface area (Å²) >= 11 is 0. The summed E-state index contributed by atoms with van der Waals surface area (Å²) in [4.78, 5) is 4.11. The van der Waals surface area contributed by atoms with Crippen molar-refractivity contribution in [2.45, 2.75) is 6.92 Å². The van der Waals surface area contributed by atoms with Crippen molar-refractivity contribution in [2.75, 3.05) is 5.32 Å². The predicted octanol–water partition coefficient (Wildman–Crippen LogP) is 2.14. The predicted molar refractivity (Wildman–Crippen MR) is 78.1 cm³/mol. The second-order valence-corrected chi connectivity index (χ2v) is 4.31. The van der Waals surface area contributed by atoms with Crippen LogP contribution in [0.3, 0.4) is 0 Å². The Hall–Kier alpha value is -2.56. The topological polar surface area (TPSA) is 68.8 Å². The number of aryl methyl sites for hydroxylation is 1. The summed E-state index contributed by atoms with van der Waals surface area (Å²) < 4.78 is 1.65. The van der Waals surface area contributed by atoms with Gasteiger partial charge < -0.3 is 11.1 Å². The standard InChI is InChI=1S/C14H17N5/c1-9-12(10(2)15)6-5-7-13(9)11(3)18-14-16-8-17-19(14)4/h5-8H,2-3,15H2,1,4H3,(H,16,17,18). The van der Waals surface area contributed by atoms with Crippen molar-refractivity contribution in [1.82, 2.24) is 14.8 Å². The molecule has 2 aromatic rings. The largest absolute Gasteiger partial charge is 0.399 e. The monoisotopic (exact) mass is 255 g/mol. The fourth-order valence-corrected chi connectivity index (χ4v) is 1.92. The van der Waals surface area contributed by atoms with E-state index in [1.165, 1.54) is 6.33 Å². The van der Waals surface area contributed by atoms with E-state index in [1.54, 1.807) is 4.68 Å². The van der Waals surface area contributed by atoms with Crippen molar-refractivity contribution in [3.63, 3.8) is 0 Å². The molecule has 0 saturated heterocycles. The van der Waals surface area contributed by atoms with E-state index in [4.69, 9.17) is 5.73 Å². The summed E-state index contributed by atoms with van der Waals surface area (Å²) in [5, 5.41) is 7.14. The molecule has 1 heterocycles. The van der Waals surface area contributed by atoms with Crippen molar-refractivity contribution in [1.29, 1.82) is 0 Å². The van der Waals surface area contributed by atoms with Gasteiger partial charge in [-0.05, 0) is 12.5 Å². The van der Waals surface area contributed by atoms with Crippen molar-refractivity contribution < 1.29 is 0 Å². The Morgan fingerprint density at radius 1 is 1.32 bits per heavy atom. The number of nitrogens with one attached hydrogen (secondary N) is 1. The van der Waals surface area contributed by atoms with E-state index in [0.29, 0.717) is 11.6 Å². The molecule has 0 unspecified atom stereocenters. The van der Waals surface area contributed by atoms with Crippen molar-refractivity contribution in [3.05, 3.63) is 54.4 Å². The Kier molecular flexibility index (Phi) is 3.37. The number of rotatable bonds is 4. The number of hydrogen-bond donors (Lipinski definition) is 2. The smallest absolute Gasteiger partial charge is 0.225 e. The lowest BCUT2D eigenvalue weighted by molar-refractivity contribution is 0.776. The third kappa shape index (κ3) is 2.49. The van der Waals surface area contributed by atoms with Crippen molar-refractivity contribution in [3.8, 4) is 0 Å². The lowest BCUT2D eigenvalue weighted by atomic mass is 9.99. The van der Waals surface area contributed by atoms with Crippen LogP contribution >= 0.6 is 0 Å². The summed E-state index contributed by atoms with van der Waals surface area (Å²) in [6.07, 6.45) is 1.49. The number of benzene rings is 1. The molecule has 0 aliphatic rings. The number of nitrogens with two attached hydrogens (primary N) is 1. The van der Waals surface area contributed by atoms with E-state index in [0.717, 1.165) is 22.4 Å². The maximum atomic E-state index is 5.77. The quantitative estimate of drug-likeness (QED) is 0.878. The summed E-state index contributed by atoms with van der Waals surface area (Å²) in [5.41, 5.74) is 10.0. The van der Waals surface area contributed by atoms with Gasteiger partial charge in [-0.2, -0.15) is 10.1 Å². The van der Waals surface area contributed by atoms with Gasteiger partial charge >= 0.3 is 0 Å². The second kappa shape index (κ2) is 4.97. The minimum absolute atomic E-state index is 0.547. The first-order valence-corrected chi connectivity index (χ1v) is 5.85. The first kappa shape index (κ1) is 12.9. The Bertz CT molecular complexity index is 639. The summed E-state index contributed by atoms with van der Waals surface area (Å²) in [7, 11) is 1.81. The average Bonchev–Trinajstić information content (AvgIpc) is 2.74. The van der Waals surface area contributed by atoms with Crippen LogP contribution < -0.4 is 11.1 Å². The van der Waals surface area contributed by atoms with Gasteiger partial charge in [-0.15, -0.1) is 0 Å². The fourth-order valence-electron chi connectivity index (χ4n) is 1.92. The van der Waals surface area contributed by atoms with Gasteiger partial charge in [0.1, 0.15) is 6.33 Å². The van der Waals surface area contributed by atoms with Crippen LogP contribution in [0, 0.1) is 6.92 Å². The fraction of sp³-hybridized carbons (Fsp3) is 0.143. The molecule has 0 amide bonds. The van der Waals surface area contributed by atoms with Gasteiger partial charge in [-0.3, -0.25) is 0 Å². The molecule has 0 spiro atoms. The third-order valence-corrected chi connectivity index (χ3v) is 2.98. The van der Waals surface area contributed by atoms with E-state index < -0.39 is 0 Å².